The van der Waals surface area contributed by atoms with Crippen LogP contribution in [-0.4, -0.2) is 30.7 Å². The molecule has 2 aromatic rings. The summed E-state index contributed by atoms with van der Waals surface area (Å²) in [5, 5.41) is 5.88. The fourth-order valence-electron chi connectivity index (χ4n) is 3.73. The molecule has 0 spiro atoms. The molecule has 0 nitrogen and oxygen atoms in total. The molecule has 0 radical (unpaired) electrons. The number of fused-ring (bicyclic) bond motifs is 1. The van der Waals surface area contributed by atoms with Crippen molar-refractivity contribution in [2.45, 2.75) is 33.9 Å². The number of hydrogen-bond acceptors (Lipinski definition) is 0. The summed E-state index contributed by atoms with van der Waals surface area (Å²) in [4.78, 5) is 0. The van der Waals surface area contributed by atoms with Gasteiger partial charge in [-0.1, -0.05) is 53.3 Å². The second-order valence-corrected chi connectivity index (χ2v) is 17.0. The van der Waals surface area contributed by atoms with E-state index in [0.717, 1.165) is 5.02 Å². The first-order valence-electron chi connectivity index (χ1n) is 9.75. The molecule has 1 aromatic heterocycles. The topological polar surface area (TPSA) is 0 Å². The number of rotatable bonds is 5. The Kier molecular flexibility index (Phi) is 7.93. The largest absolute Gasteiger partial charge is 0.125 e. The van der Waals surface area contributed by atoms with Gasteiger partial charge in [-0.25, -0.2) is 0 Å². The van der Waals surface area contributed by atoms with E-state index in [9.17, 15) is 0 Å². The van der Waals surface area contributed by atoms with E-state index in [1.54, 1.807) is 15.6 Å². The van der Waals surface area contributed by atoms with Crippen LogP contribution in [0.25, 0.3) is 5.57 Å². The van der Waals surface area contributed by atoms with Crippen LogP contribution in [0, 0.1) is 0 Å². The second-order valence-electron chi connectivity index (χ2n) is 7.71. The number of halogens is 1. The number of hydrogen-bond donors (Lipinski definition) is 0. The van der Waals surface area contributed by atoms with E-state index >= 15 is 0 Å². The molecule has 0 N–H and O–H groups in total. The third-order valence-electron chi connectivity index (χ3n) is 5.42. The van der Waals surface area contributed by atoms with Crippen LogP contribution in [0.2, 0.25) is 5.02 Å². The molecule has 28 heavy (non-hydrogen) atoms. The lowest BCUT2D eigenvalue weighted by molar-refractivity contribution is 1.40. The van der Waals surface area contributed by atoms with Gasteiger partial charge in [0.2, 0.25) is 0 Å². The van der Waals surface area contributed by atoms with Gasteiger partial charge >= 0.3 is 0 Å². The highest BCUT2D eigenvalue weighted by molar-refractivity contribution is 7.90. The van der Waals surface area contributed by atoms with Gasteiger partial charge < -0.3 is 0 Å². The Morgan fingerprint density at radius 2 is 1.86 bits per heavy atom. The van der Waals surface area contributed by atoms with Gasteiger partial charge in [0.15, 0.2) is 0 Å². The van der Waals surface area contributed by atoms with E-state index < -0.39 is 0 Å². The molecule has 148 valence electrons. The summed E-state index contributed by atoms with van der Waals surface area (Å²) in [6.45, 7) is 14.2. The summed E-state index contributed by atoms with van der Waals surface area (Å²) in [6.07, 6.45) is 2.47. The lowest BCUT2D eigenvalue weighted by atomic mass is 10.0. The second kappa shape index (κ2) is 9.82. The van der Waals surface area contributed by atoms with Crippen LogP contribution in [0.1, 0.15) is 38.8 Å². The summed E-state index contributed by atoms with van der Waals surface area (Å²) in [5.74, 6) is 3.89. The molecule has 5 heteroatoms. The molecule has 1 aliphatic rings. The Morgan fingerprint density at radius 3 is 2.46 bits per heavy atom. The van der Waals surface area contributed by atoms with Gasteiger partial charge in [0.1, 0.15) is 11.5 Å². The fourth-order valence-corrected chi connectivity index (χ4v) is 14.4. The first kappa shape index (κ1) is 22.6. The van der Waals surface area contributed by atoms with Crippen molar-refractivity contribution >= 4 is 64.4 Å². The lowest BCUT2D eigenvalue weighted by Crippen LogP contribution is -2.14. The first-order valence-corrected chi connectivity index (χ1v) is 16.8. The minimum atomic E-state index is -0.0540. The molecule has 3 atom stereocenters. The molecule has 3 rings (SSSR count). The maximum Gasteiger partial charge on any atom is 0.125 e. The van der Waals surface area contributed by atoms with Gasteiger partial charge in [0, 0.05) is 22.6 Å². The summed E-state index contributed by atoms with van der Waals surface area (Å²) in [5.41, 5.74) is 5.92. The normalized spacial score (nSPS) is 19.5. The van der Waals surface area contributed by atoms with Crippen molar-refractivity contribution in [1.82, 2.24) is 0 Å². The monoisotopic (exact) mass is 465 g/mol. The highest BCUT2D eigenvalue weighted by Crippen LogP contribution is 2.57. The SMILES string of the molecule is CC[P+](C)=C(C)C(=C(C)C)c1cpc2c(c1)P(C)CP2Cc1ccc(Cl)cc1. The quantitative estimate of drug-likeness (QED) is 0.392. The molecule has 0 fully saturated rings. The van der Waals surface area contributed by atoms with Gasteiger partial charge in [-0.3, -0.25) is 0 Å². The van der Waals surface area contributed by atoms with Gasteiger partial charge in [-0.15, -0.1) is 0 Å². The maximum atomic E-state index is 6.07. The van der Waals surface area contributed by atoms with Crippen LogP contribution in [-0.2, 0) is 6.16 Å². The van der Waals surface area contributed by atoms with Crippen molar-refractivity contribution in [3.63, 3.8) is 0 Å². The fraction of sp³-hybridized carbons (Fsp3) is 0.391. The molecule has 1 aliphatic heterocycles. The van der Waals surface area contributed by atoms with Crippen molar-refractivity contribution in [2.75, 3.05) is 25.4 Å². The summed E-state index contributed by atoms with van der Waals surface area (Å²) < 4.78 is 0. The summed E-state index contributed by atoms with van der Waals surface area (Å²) in [7, 11) is 1.34. The van der Waals surface area contributed by atoms with E-state index in [4.69, 9.17) is 11.6 Å². The molecule has 0 amide bonds. The molecular formula is C23H30ClP4+. The van der Waals surface area contributed by atoms with E-state index in [-0.39, 0.29) is 23.4 Å². The van der Waals surface area contributed by atoms with Crippen LogP contribution in [0.3, 0.4) is 0 Å². The Hall–Kier alpha value is -0.0700. The molecular weight excluding hydrogens is 436 g/mol. The average molecular weight is 466 g/mol. The third kappa shape index (κ3) is 4.97. The summed E-state index contributed by atoms with van der Waals surface area (Å²) >= 11 is 6.07. The smallest absolute Gasteiger partial charge is 0.0843 e. The molecule has 3 unspecified atom stereocenters. The highest BCUT2D eigenvalue weighted by atomic mass is 35.5. The number of benzene rings is 1. The van der Waals surface area contributed by atoms with Crippen LogP contribution in [0.5, 0.6) is 0 Å². The Morgan fingerprint density at radius 1 is 1.18 bits per heavy atom. The minimum absolute atomic E-state index is 0.0206. The minimum Gasteiger partial charge on any atom is -0.0843 e. The maximum absolute atomic E-state index is 6.07. The van der Waals surface area contributed by atoms with Gasteiger partial charge in [0.25, 0.3) is 0 Å². The van der Waals surface area contributed by atoms with Crippen molar-refractivity contribution in [1.29, 1.82) is 0 Å². The van der Waals surface area contributed by atoms with Crippen LogP contribution in [0.4, 0.5) is 0 Å². The van der Waals surface area contributed by atoms with Crippen LogP contribution in [0.15, 0.2) is 41.7 Å². The van der Waals surface area contributed by atoms with Crippen molar-refractivity contribution in [2.24, 2.45) is 0 Å². The van der Waals surface area contributed by atoms with Crippen molar-refractivity contribution < 1.29 is 0 Å². The standard InChI is InChI=1S/C23H30ClP4/c1-7-26(5)17(4)22(16(2)3)19-12-21-23(25-13-19)28(15-27(21)6)14-18-8-10-20(24)11-9-18/h8-13H,7,14-15H2,1-6H3/q+1. The summed E-state index contributed by atoms with van der Waals surface area (Å²) in [6, 6.07) is 11.0. The third-order valence-corrected chi connectivity index (χ3v) is 16.3. The Balaban J connectivity index is 1.95. The predicted octanol–water partition coefficient (Wildman–Crippen LogP) is 8.05. The molecule has 2 heterocycles. The zero-order valence-electron chi connectivity index (χ0n) is 17.8. The highest BCUT2D eigenvalue weighted by Gasteiger charge is 2.29. The van der Waals surface area contributed by atoms with Gasteiger partial charge in [-0.2, -0.15) is 0 Å². The van der Waals surface area contributed by atoms with E-state index in [1.165, 1.54) is 48.7 Å². The van der Waals surface area contributed by atoms with E-state index in [0.29, 0.717) is 0 Å². The first-order chi connectivity index (χ1) is 13.3. The van der Waals surface area contributed by atoms with Crippen molar-refractivity contribution in [3.8, 4) is 0 Å². The zero-order chi connectivity index (χ0) is 20.4. The van der Waals surface area contributed by atoms with Crippen LogP contribution < -0.4 is 10.3 Å². The van der Waals surface area contributed by atoms with E-state index in [1.807, 2.05) is 12.1 Å². The Labute approximate surface area is 181 Å². The molecule has 0 bridgehead atoms. The average Bonchev–Trinajstić information content (AvgIpc) is 2.98. The van der Waals surface area contributed by atoms with Gasteiger partial charge in [-0.05, 0) is 79.9 Å². The predicted molar refractivity (Wildman–Crippen MR) is 140 cm³/mol. The van der Waals surface area contributed by atoms with Crippen molar-refractivity contribution in [3.05, 3.63) is 57.9 Å². The van der Waals surface area contributed by atoms with Gasteiger partial charge in [0.05, 0.1) is 14.2 Å². The molecule has 1 aromatic carbocycles. The van der Waals surface area contributed by atoms with Crippen LogP contribution >= 0.6 is 43.2 Å². The molecule has 0 saturated heterocycles. The molecule has 0 aliphatic carbocycles. The number of allylic oxidation sites excluding steroid dienone is 2. The Bertz CT molecular complexity index is 924. The zero-order valence-corrected chi connectivity index (χ0v) is 22.1. The molecule has 0 saturated carbocycles. The lowest BCUT2D eigenvalue weighted by Gasteiger charge is -2.14. The van der Waals surface area contributed by atoms with E-state index in [2.05, 4.69) is 65.0 Å².